The molecule has 202 valence electrons. The van der Waals surface area contributed by atoms with Gasteiger partial charge in [-0.1, -0.05) is 59.6 Å². The Labute approximate surface area is 238 Å². The van der Waals surface area contributed by atoms with Crippen molar-refractivity contribution in [2.45, 2.75) is 0 Å². The van der Waals surface area contributed by atoms with Gasteiger partial charge in [0.2, 0.25) is 0 Å². The van der Waals surface area contributed by atoms with Crippen LogP contribution in [0, 0.1) is 0 Å². The molecule has 0 bridgehead atoms. The summed E-state index contributed by atoms with van der Waals surface area (Å²) in [6.07, 6.45) is 0. The maximum Gasteiger partial charge on any atom is 0.283 e. The molecule has 0 saturated heterocycles. The summed E-state index contributed by atoms with van der Waals surface area (Å²) in [6.45, 7) is 0. The Hall–Kier alpha value is -4.80. The Morgan fingerprint density at radius 1 is 0.550 bits per heavy atom. The Bertz CT molecular complexity index is 1530. The molecule has 4 amide bonds. The van der Waals surface area contributed by atoms with E-state index in [2.05, 4.69) is 10.6 Å². The molecule has 40 heavy (non-hydrogen) atoms. The molecule has 0 unspecified atom stereocenters. The lowest BCUT2D eigenvalue weighted by molar-refractivity contribution is -0.122. The monoisotopic (exact) mass is 578 g/mol. The number of carbonyl (C=O) groups excluding carboxylic acids is 4. The number of hydrogen-bond donors (Lipinski definition) is 2. The predicted octanol–water partition coefficient (Wildman–Crippen LogP) is 4.58. The van der Waals surface area contributed by atoms with Gasteiger partial charge in [0, 0.05) is 0 Å². The van der Waals surface area contributed by atoms with Crippen molar-refractivity contribution in [3.8, 4) is 11.5 Å². The molecule has 0 radical (unpaired) electrons. The van der Waals surface area contributed by atoms with E-state index in [1.807, 2.05) is 0 Å². The zero-order valence-corrected chi connectivity index (χ0v) is 22.5. The zero-order chi connectivity index (χ0) is 28.6. The summed E-state index contributed by atoms with van der Waals surface area (Å²) in [4.78, 5) is 55.1. The number of anilines is 4. The summed E-state index contributed by atoms with van der Waals surface area (Å²) in [5, 5.41) is 4.97. The second kappa shape index (κ2) is 10.8. The van der Waals surface area contributed by atoms with E-state index >= 15 is 0 Å². The molecule has 2 heterocycles. The van der Waals surface area contributed by atoms with Gasteiger partial charge in [-0.2, -0.15) is 0 Å². The molecular weight excluding hydrogens is 559 g/mol. The van der Waals surface area contributed by atoms with Crippen molar-refractivity contribution in [3.63, 3.8) is 0 Å². The van der Waals surface area contributed by atoms with E-state index in [9.17, 15) is 19.2 Å². The van der Waals surface area contributed by atoms with Gasteiger partial charge in [0.15, 0.2) is 0 Å². The predicted molar refractivity (Wildman–Crippen MR) is 150 cm³/mol. The lowest BCUT2D eigenvalue weighted by Crippen LogP contribution is -2.37. The quantitative estimate of drug-likeness (QED) is 0.373. The number of benzene rings is 3. The van der Waals surface area contributed by atoms with Crippen molar-refractivity contribution in [2.75, 3.05) is 34.7 Å². The molecule has 0 aliphatic carbocycles. The van der Waals surface area contributed by atoms with Crippen LogP contribution in [0.5, 0.6) is 11.5 Å². The van der Waals surface area contributed by atoms with E-state index in [4.69, 9.17) is 32.7 Å². The van der Waals surface area contributed by atoms with Crippen LogP contribution in [0.2, 0.25) is 0 Å². The average molecular weight is 579 g/mol. The number of nitrogens with zero attached hydrogens (tertiary/aromatic N) is 2. The number of methoxy groups -OCH3 is 2. The fourth-order valence-electron chi connectivity index (χ4n) is 4.27. The van der Waals surface area contributed by atoms with Crippen LogP contribution in [0.1, 0.15) is 0 Å². The van der Waals surface area contributed by atoms with Crippen LogP contribution in [0.15, 0.2) is 94.3 Å². The summed E-state index contributed by atoms with van der Waals surface area (Å²) in [5.74, 6) is -2.44. The first-order chi connectivity index (χ1) is 19.3. The van der Waals surface area contributed by atoms with Gasteiger partial charge in [-0.3, -0.25) is 19.2 Å². The van der Waals surface area contributed by atoms with E-state index in [0.717, 1.165) is 9.80 Å². The topological polar surface area (TPSA) is 117 Å². The highest BCUT2D eigenvalue weighted by Gasteiger charge is 2.44. The highest BCUT2D eigenvalue weighted by Crippen LogP contribution is 2.40. The van der Waals surface area contributed by atoms with Gasteiger partial charge < -0.3 is 20.1 Å². The molecule has 12 heteroatoms. The summed E-state index contributed by atoms with van der Waals surface area (Å²) in [7, 11) is 2.92. The molecule has 0 spiro atoms. The average Bonchev–Trinajstić information content (AvgIpc) is 3.31. The van der Waals surface area contributed by atoms with Crippen molar-refractivity contribution in [3.05, 3.63) is 94.3 Å². The zero-order valence-electron chi connectivity index (χ0n) is 21.0. The largest absolute Gasteiger partial charge is 0.495 e. The second-order valence-electron chi connectivity index (χ2n) is 8.41. The number of imide groups is 2. The Morgan fingerprint density at radius 2 is 0.900 bits per heavy atom. The molecule has 2 aliphatic rings. The highest BCUT2D eigenvalue weighted by molar-refractivity contribution is 6.55. The van der Waals surface area contributed by atoms with Crippen LogP contribution in [0.25, 0.3) is 0 Å². The molecule has 0 fully saturated rings. The van der Waals surface area contributed by atoms with Gasteiger partial charge in [0.1, 0.15) is 33.0 Å². The smallest absolute Gasteiger partial charge is 0.283 e. The minimum Gasteiger partial charge on any atom is -0.495 e. The number of halogens is 2. The van der Waals surface area contributed by atoms with Gasteiger partial charge >= 0.3 is 0 Å². The van der Waals surface area contributed by atoms with Crippen LogP contribution in [0.3, 0.4) is 0 Å². The molecule has 2 aliphatic heterocycles. The maximum atomic E-state index is 13.5. The van der Waals surface area contributed by atoms with E-state index in [1.165, 1.54) is 26.4 Å². The molecule has 5 rings (SSSR count). The standard InChI is InChI=1S/C28H20Cl2N4O6/c1-39-19-13-7-3-9-15(19)31-23-21(29)25(35)33(27(23)37)17-11-5-6-12-18(17)34-26(36)22(30)24(28(34)38)32-16-10-4-8-14-20(16)40-2/h3-14,31-32H,1-2H3. The van der Waals surface area contributed by atoms with E-state index in [-0.39, 0.29) is 32.8 Å². The van der Waals surface area contributed by atoms with E-state index in [1.54, 1.807) is 60.7 Å². The molecule has 0 saturated carbocycles. The minimum absolute atomic E-state index is 0.0443. The maximum absolute atomic E-state index is 13.5. The summed E-state index contributed by atoms with van der Waals surface area (Å²) in [6, 6.07) is 19.5. The van der Waals surface area contributed by atoms with Crippen molar-refractivity contribution in [2.24, 2.45) is 0 Å². The Kier molecular flexibility index (Phi) is 7.20. The normalized spacial score (nSPS) is 15.4. The van der Waals surface area contributed by atoms with Gasteiger partial charge in [0.25, 0.3) is 23.6 Å². The van der Waals surface area contributed by atoms with Crippen molar-refractivity contribution in [1.29, 1.82) is 0 Å². The number of amides is 4. The van der Waals surface area contributed by atoms with Crippen LogP contribution >= 0.6 is 23.2 Å². The van der Waals surface area contributed by atoms with Crippen molar-refractivity contribution in [1.82, 2.24) is 0 Å². The fourth-order valence-corrected chi connectivity index (χ4v) is 4.69. The first-order valence-electron chi connectivity index (χ1n) is 11.7. The first-order valence-corrected chi connectivity index (χ1v) is 12.5. The third-order valence-electron chi connectivity index (χ3n) is 6.15. The first kappa shape index (κ1) is 26.8. The summed E-state index contributed by atoms with van der Waals surface area (Å²) < 4.78 is 10.6. The number of ether oxygens (including phenoxy) is 2. The van der Waals surface area contributed by atoms with Crippen molar-refractivity contribution < 1.29 is 28.7 Å². The number of rotatable bonds is 8. The summed E-state index contributed by atoms with van der Waals surface area (Å²) >= 11 is 12.6. The molecule has 2 N–H and O–H groups in total. The molecule has 0 atom stereocenters. The second-order valence-corrected chi connectivity index (χ2v) is 9.16. The van der Waals surface area contributed by atoms with Crippen molar-refractivity contribution >= 4 is 69.6 Å². The number of carbonyl (C=O) groups is 4. The third kappa shape index (κ3) is 4.42. The van der Waals surface area contributed by atoms with Crippen LogP contribution in [0.4, 0.5) is 22.7 Å². The van der Waals surface area contributed by atoms with Gasteiger partial charge in [0.05, 0.1) is 37.0 Å². The van der Waals surface area contributed by atoms with Crippen LogP contribution in [-0.4, -0.2) is 37.8 Å². The Morgan fingerprint density at radius 3 is 1.27 bits per heavy atom. The molecule has 3 aromatic carbocycles. The number of para-hydroxylation sites is 6. The van der Waals surface area contributed by atoms with E-state index in [0.29, 0.717) is 22.9 Å². The number of hydrogen-bond acceptors (Lipinski definition) is 8. The SMILES string of the molecule is COc1ccccc1NC1=C(Cl)C(=O)N(c2ccccc2N2C(=O)C(Cl)=C(Nc3ccccc3OC)C2=O)C1=O. The van der Waals surface area contributed by atoms with Gasteiger partial charge in [-0.15, -0.1) is 0 Å². The van der Waals surface area contributed by atoms with Crippen LogP contribution < -0.4 is 29.9 Å². The third-order valence-corrected chi connectivity index (χ3v) is 6.85. The Balaban J connectivity index is 1.48. The minimum atomic E-state index is -0.845. The fraction of sp³-hybridized carbons (Fsp3) is 0.0714. The molecule has 0 aromatic heterocycles. The molecular formula is C28H20Cl2N4O6. The lowest BCUT2D eigenvalue weighted by Gasteiger charge is -2.23. The molecule has 10 nitrogen and oxygen atoms in total. The lowest BCUT2D eigenvalue weighted by atomic mass is 10.2. The summed E-state index contributed by atoms with van der Waals surface area (Å²) in [5.41, 5.74) is 0.332. The van der Waals surface area contributed by atoms with Gasteiger partial charge in [-0.25, -0.2) is 9.80 Å². The van der Waals surface area contributed by atoms with Gasteiger partial charge in [-0.05, 0) is 36.4 Å². The van der Waals surface area contributed by atoms with Crippen LogP contribution in [-0.2, 0) is 19.2 Å². The van der Waals surface area contributed by atoms with E-state index < -0.39 is 23.6 Å². The highest BCUT2D eigenvalue weighted by atomic mass is 35.5. The number of nitrogens with one attached hydrogen (secondary N) is 2. The molecule has 3 aromatic rings.